The normalized spacial score (nSPS) is 15.3. The molecule has 0 aliphatic carbocycles. The summed E-state index contributed by atoms with van der Waals surface area (Å²) >= 11 is 4.57. The van der Waals surface area contributed by atoms with Gasteiger partial charge in [-0.05, 0) is 80.4 Å². The summed E-state index contributed by atoms with van der Waals surface area (Å²) in [7, 11) is 0. The van der Waals surface area contributed by atoms with Crippen LogP contribution in [0.15, 0.2) is 61.9 Å². The molecule has 0 spiro atoms. The molecule has 1 aliphatic heterocycles. The van der Waals surface area contributed by atoms with Crippen molar-refractivity contribution in [1.82, 2.24) is 4.57 Å². The minimum absolute atomic E-state index is 0.0121. The van der Waals surface area contributed by atoms with Crippen LogP contribution in [-0.2, 0) is 9.53 Å². The van der Waals surface area contributed by atoms with Gasteiger partial charge in [0.05, 0.1) is 39.6 Å². The molecule has 10 heteroatoms. The highest BCUT2D eigenvalue weighted by Gasteiger charge is 2.35. The molecule has 2 aromatic carbocycles. The van der Waals surface area contributed by atoms with Gasteiger partial charge in [-0.1, -0.05) is 29.5 Å². The average Bonchev–Trinajstić information content (AvgIpc) is 3.16. The Morgan fingerprint density at radius 3 is 2.63 bits per heavy atom. The van der Waals surface area contributed by atoms with Gasteiger partial charge < -0.3 is 19.3 Å². The van der Waals surface area contributed by atoms with Gasteiger partial charge in [0.15, 0.2) is 16.3 Å². The second-order valence-electron chi connectivity index (χ2n) is 8.79. The van der Waals surface area contributed by atoms with Gasteiger partial charge in [0.2, 0.25) is 0 Å². The zero-order valence-electron chi connectivity index (χ0n) is 21.8. The SMILES string of the molecule is CCOC(=O)C1=C(C)N=c2s/c(=C/c3cc(Br)c(O)c(OCC)c3)c(=O)n2[C@H]1c1ccccc1OC(C)C. The zero-order chi connectivity index (χ0) is 27.6. The number of aromatic nitrogens is 1. The number of hydrogen-bond acceptors (Lipinski definition) is 8. The summed E-state index contributed by atoms with van der Waals surface area (Å²) in [5, 5.41) is 10.3. The van der Waals surface area contributed by atoms with Crippen molar-refractivity contribution in [3.05, 3.63) is 83.0 Å². The molecule has 0 radical (unpaired) electrons. The van der Waals surface area contributed by atoms with Crippen LogP contribution in [0.4, 0.5) is 0 Å². The molecule has 2 heterocycles. The molecule has 1 N–H and O–H groups in total. The third-order valence-corrected chi connectivity index (χ3v) is 7.33. The van der Waals surface area contributed by atoms with Crippen molar-refractivity contribution in [2.75, 3.05) is 13.2 Å². The smallest absolute Gasteiger partial charge is 0.338 e. The first-order valence-electron chi connectivity index (χ1n) is 12.3. The molecular formula is C28H29BrN2O6S. The van der Waals surface area contributed by atoms with Crippen LogP contribution in [0.5, 0.6) is 17.2 Å². The minimum atomic E-state index is -0.784. The van der Waals surface area contributed by atoms with Gasteiger partial charge in [-0.25, -0.2) is 9.79 Å². The number of para-hydroxylation sites is 1. The third-order valence-electron chi connectivity index (χ3n) is 5.74. The number of thiazole rings is 1. The maximum Gasteiger partial charge on any atom is 0.338 e. The summed E-state index contributed by atoms with van der Waals surface area (Å²) in [4.78, 5) is 32.2. The molecule has 1 aliphatic rings. The van der Waals surface area contributed by atoms with Crippen molar-refractivity contribution in [3.63, 3.8) is 0 Å². The topological polar surface area (TPSA) is 99.4 Å². The molecule has 1 aromatic heterocycles. The average molecular weight is 602 g/mol. The first-order chi connectivity index (χ1) is 18.2. The molecule has 200 valence electrons. The summed E-state index contributed by atoms with van der Waals surface area (Å²) in [6.07, 6.45) is 1.60. The van der Waals surface area contributed by atoms with Crippen LogP contribution < -0.4 is 24.4 Å². The standard InChI is InChI=1S/C28H29BrN2O6S/c1-6-35-21-13-17(12-19(29)25(21)32)14-22-26(33)31-24(18-10-8-9-11-20(18)37-15(3)4)23(27(34)36-7-2)16(5)30-28(31)38-22/h8-15,24,32H,6-7H2,1-5H3/b22-14+/t24-/m0/s1. The van der Waals surface area contributed by atoms with E-state index in [0.29, 0.717) is 48.7 Å². The van der Waals surface area contributed by atoms with Crippen molar-refractivity contribution >= 4 is 39.3 Å². The maximum absolute atomic E-state index is 13.9. The lowest BCUT2D eigenvalue weighted by Crippen LogP contribution is -2.40. The first kappa shape index (κ1) is 27.7. The van der Waals surface area contributed by atoms with Crippen LogP contribution in [0.1, 0.15) is 51.8 Å². The van der Waals surface area contributed by atoms with Crippen molar-refractivity contribution < 1.29 is 24.1 Å². The monoisotopic (exact) mass is 600 g/mol. The highest BCUT2D eigenvalue weighted by molar-refractivity contribution is 9.10. The molecule has 8 nitrogen and oxygen atoms in total. The van der Waals surface area contributed by atoms with Crippen LogP contribution in [0.2, 0.25) is 0 Å². The summed E-state index contributed by atoms with van der Waals surface area (Å²) in [5.41, 5.74) is 1.78. The van der Waals surface area contributed by atoms with Crippen molar-refractivity contribution in [2.24, 2.45) is 4.99 Å². The van der Waals surface area contributed by atoms with E-state index in [9.17, 15) is 14.7 Å². The fourth-order valence-corrected chi connectivity index (χ4v) is 5.75. The number of carbonyl (C=O) groups excluding carboxylic acids is 1. The number of fused-ring (bicyclic) bond motifs is 1. The van der Waals surface area contributed by atoms with E-state index in [1.54, 1.807) is 32.1 Å². The molecule has 4 rings (SSSR count). The largest absolute Gasteiger partial charge is 0.503 e. The number of rotatable bonds is 8. The Morgan fingerprint density at radius 1 is 1.21 bits per heavy atom. The van der Waals surface area contributed by atoms with Gasteiger partial charge in [-0.2, -0.15) is 0 Å². The number of phenolic OH excluding ortho intramolecular Hbond substituents is 1. The lowest BCUT2D eigenvalue weighted by atomic mass is 9.95. The predicted octanol–water partition coefficient (Wildman–Crippen LogP) is 4.45. The van der Waals surface area contributed by atoms with Crippen LogP contribution in [0.25, 0.3) is 6.08 Å². The Kier molecular flexibility index (Phi) is 8.42. The number of hydrogen-bond donors (Lipinski definition) is 1. The summed E-state index contributed by atoms with van der Waals surface area (Å²) in [6.45, 7) is 9.70. The summed E-state index contributed by atoms with van der Waals surface area (Å²) in [5.74, 6) is 0.333. The lowest BCUT2D eigenvalue weighted by molar-refractivity contribution is -0.139. The summed E-state index contributed by atoms with van der Waals surface area (Å²) in [6, 6.07) is 9.96. The van der Waals surface area contributed by atoms with E-state index in [2.05, 4.69) is 20.9 Å². The number of carbonyl (C=O) groups is 1. The number of allylic oxidation sites excluding steroid dienone is 1. The minimum Gasteiger partial charge on any atom is -0.503 e. The molecular weight excluding hydrogens is 572 g/mol. The van der Waals surface area contributed by atoms with Crippen LogP contribution in [0, 0.1) is 0 Å². The molecule has 0 saturated heterocycles. The van der Waals surface area contributed by atoms with Gasteiger partial charge in [-0.15, -0.1) is 0 Å². The fraction of sp³-hybridized carbons (Fsp3) is 0.321. The Labute approximate surface area is 232 Å². The Bertz CT molecular complexity index is 1590. The molecule has 0 bridgehead atoms. The lowest BCUT2D eigenvalue weighted by Gasteiger charge is -2.26. The molecule has 3 aromatic rings. The third kappa shape index (κ3) is 5.42. The van der Waals surface area contributed by atoms with E-state index in [4.69, 9.17) is 14.2 Å². The van der Waals surface area contributed by atoms with E-state index >= 15 is 0 Å². The van der Waals surface area contributed by atoms with E-state index in [1.165, 1.54) is 15.9 Å². The zero-order valence-corrected chi connectivity index (χ0v) is 24.2. The Hall–Kier alpha value is -3.37. The highest BCUT2D eigenvalue weighted by atomic mass is 79.9. The van der Waals surface area contributed by atoms with E-state index in [-0.39, 0.29) is 29.6 Å². The predicted molar refractivity (Wildman–Crippen MR) is 150 cm³/mol. The van der Waals surface area contributed by atoms with E-state index < -0.39 is 12.0 Å². The van der Waals surface area contributed by atoms with Gasteiger partial charge in [0, 0.05) is 5.56 Å². The Balaban J connectivity index is 1.97. The second-order valence-corrected chi connectivity index (χ2v) is 10.7. The van der Waals surface area contributed by atoms with Crippen LogP contribution in [-0.4, -0.2) is 35.0 Å². The number of halogens is 1. The van der Waals surface area contributed by atoms with Gasteiger partial charge in [-0.3, -0.25) is 9.36 Å². The van der Waals surface area contributed by atoms with E-state index in [0.717, 1.165) is 0 Å². The fourth-order valence-electron chi connectivity index (χ4n) is 4.25. The molecule has 0 saturated carbocycles. The van der Waals surface area contributed by atoms with Crippen molar-refractivity contribution in [1.29, 1.82) is 0 Å². The van der Waals surface area contributed by atoms with Crippen molar-refractivity contribution in [2.45, 2.75) is 46.8 Å². The number of nitrogens with zero attached hydrogens (tertiary/aromatic N) is 2. The molecule has 0 fully saturated rings. The molecule has 0 unspecified atom stereocenters. The van der Waals surface area contributed by atoms with E-state index in [1.807, 2.05) is 45.0 Å². The molecule has 1 atom stereocenters. The van der Waals surface area contributed by atoms with Crippen LogP contribution >= 0.6 is 27.3 Å². The van der Waals surface area contributed by atoms with Crippen LogP contribution in [0.3, 0.4) is 0 Å². The van der Waals surface area contributed by atoms with Gasteiger partial charge in [0.1, 0.15) is 11.8 Å². The number of esters is 1. The quantitative estimate of drug-likeness (QED) is 0.383. The molecule has 38 heavy (non-hydrogen) atoms. The maximum atomic E-state index is 13.9. The number of ether oxygens (including phenoxy) is 3. The van der Waals surface area contributed by atoms with Crippen molar-refractivity contribution in [3.8, 4) is 17.2 Å². The Morgan fingerprint density at radius 2 is 1.95 bits per heavy atom. The second kappa shape index (κ2) is 11.6. The number of phenols is 1. The number of aromatic hydroxyl groups is 1. The van der Waals surface area contributed by atoms with Gasteiger partial charge >= 0.3 is 5.97 Å². The molecule has 0 amide bonds. The summed E-state index contributed by atoms with van der Waals surface area (Å²) < 4.78 is 19.4. The van der Waals surface area contributed by atoms with Gasteiger partial charge in [0.25, 0.3) is 5.56 Å². The first-order valence-corrected chi connectivity index (χ1v) is 13.9. The number of benzene rings is 2. The highest BCUT2D eigenvalue weighted by Crippen LogP contribution is 2.37.